The van der Waals surface area contributed by atoms with E-state index in [9.17, 15) is 9.50 Å². The monoisotopic (exact) mass is 288 g/mol. The molecule has 21 heavy (non-hydrogen) atoms. The lowest BCUT2D eigenvalue weighted by atomic mass is 10.1. The highest BCUT2D eigenvalue weighted by Gasteiger charge is 2.11. The highest BCUT2D eigenvalue weighted by molar-refractivity contribution is 5.54. The molecule has 2 rings (SSSR count). The number of benzene rings is 2. The average Bonchev–Trinajstić information content (AvgIpc) is 2.48. The van der Waals surface area contributed by atoms with E-state index in [1.165, 1.54) is 6.07 Å². The van der Waals surface area contributed by atoms with Crippen LogP contribution in [0.15, 0.2) is 42.5 Å². The van der Waals surface area contributed by atoms with Crippen molar-refractivity contribution in [3.05, 3.63) is 59.4 Å². The summed E-state index contributed by atoms with van der Waals surface area (Å²) in [6.45, 7) is 2.44. The molecule has 0 aliphatic heterocycles. The van der Waals surface area contributed by atoms with Gasteiger partial charge in [0.2, 0.25) is 0 Å². The average molecular weight is 288 g/mol. The van der Waals surface area contributed by atoms with Crippen molar-refractivity contribution in [1.82, 2.24) is 5.32 Å². The fourth-order valence-electron chi connectivity index (χ4n) is 2.26. The minimum atomic E-state index is -0.214. The summed E-state index contributed by atoms with van der Waals surface area (Å²) < 4.78 is 13.7. The first kappa shape index (κ1) is 15.3. The first-order chi connectivity index (χ1) is 10.0. The Morgan fingerprint density at radius 1 is 1.24 bits per heavy atom. The molecular weight excluding hydrogens is 267 g/mol. The highest BCUT2D eigenvalue weighted by atomic mass is 19.1. The van der Waals surface area contributed by atoms with Crippen molar-refractivity contribution in [2.45, 2.75) is 19.5 Å². The van der Waals surface area contributed by atoms with Gasteiger partial charge in [-0.15, -0.1) is 0 Å². The van der Waals surface area contributed by atoms with Crippen molar-refractivity contribution in [2.75, 3.05) is 19.0 Å². The van der Waals surface area contributed by atoms with E-state index in [1.807, 2.05) is 44.1 Å². The zero-order valence-corrected chi connectivity index (χ0v) is 12.6. The fourth-order valence-corrected chi connectivity index (χ4v) is 2.26. The first-order valence-corrected chi connectivity index (χ1v) is 6.97. The number of rotatable bonds is 5. The van der Waals surface area contributed by atoms with Gasteiger partial charge in [-0.2, -0.15) is 0 Å². The molecule has 0 radical (unpaired) electrons. The number of anilines is 1. The molecule has 0 aliphatic rings. The Morgan fingerprint density at radius 3 is 2.57 bits per heavy atom. The molecule has 0 amide bonds. The molecule has 0 heterocycles. The Balaban J connectivity index is 2.18. The highest BCUT2D eigenvalue weighted by Crippen LogP contribution is 2.29. The SMILES string of the molecule is CNC(C)c1ccc(N(C)Cc2ccccc2F)cc1O. The lowest BCUT2D eigenvalue weighted by Gasteiger charge is -2.21. The Morgan fingerprint density at radius 2 is 1.95 bits per heavy atom. The normalized spacial score (nSPS) is 12.2. The number of phenols is 1. The Hall–Kier alpha value is -2.07. The van der Waals surface area contributed by atoms with Crippen LogP contribution in [-0.4, -0.2) is 19.2 Å². The van der Waals surface area contributed by atoms with Crippen LogP contribution >= 0.6 is 0 Å². The molecule has 0 saturated carbocycles. The summed E-state index contributed by atoms with van der Waals surface area (Å²) in [4.78, 5) is 1.91. The molecular formula is C17H21FN2O. The van der Waals surface area contributed by atoms with Gasteiger partial charge in [0.05, 0.1) is 0 Å². The minimum absolute atomic E-state index is 0.0796. The van der Waals surface area contributed by atoms with Gasteiger partial charge in [-0.25, -0.2) is 4.39 Å². The molecule has 1 unspecified atom stereocenters. The molecule has 0 saturated heterocycles. The lowest BCUT2D eigenvalue weighted by molar-refractivity contribution is 0.458. The van der Waals surface area contributed by atoms with Crippen molar-refractivity contribution in [1.29, 1.82) is 0 Å². The third-order valence-electron chi connectivity index (χ3n) is 3.72. The van der Waals surface area contributed by atoms with Crippen LogP contribution in [0.2, 0.25) is 0 Å². The smallest absolute Gasteiger partial charge is 0.128 e. The second-order valence-electron chi connectivity index (χ2n) is 5.20. The van der Waals surface area contributed by atoms with Gasteiger partial charge in [0.1, 0.15) is 11.6 Å². The van der Waals surface area contributed by atoms with Gasteiger partial charge in [-0.05, 0) is 26.1 Å². The maximum Gasteiger partial charge on any atom is 0.128 e. The summed E-state index contributed by atoms with van der Waals surface area (Å²) >= 11 is 0. The van der Waals surface area contributed by atoms with Gasteiger partial charge in [-0.1, -0.05) is 24.3 Å². The summed E-state index contributed by atoms with van der Waals surface area (Å²) in [6.07, 6.45) is 0. The van der Waals surface area contributed by atoms with Crippen molar-refractivity contribution in [3.8, 4) is 5.75 Å². The van der Waals surface area contributed by atoms with Gasteiger partial charge < -0.3 is 15.3 Å². The molecule has 2 aromatic carbocycles. The molecule has 112 valence electrons. The third kappa shape index (κ3) is 3.52. The summed E-state index contributed by atoms with van der Waals surface area (Å²) in [5, 5.41) is 13.2. The van der Waals surface area contributed by atoms with Crippen molar-refractivity contribution in [2.24, 2.45) is 0 Å². The van der Waals surface area contributed by atoms with Crippen LogP contribution in [0.5, 0.6) is 5.75 Å². The van der Waals surface area contributed by atoms with Crippen LogP contribution in [-0.2, 0) is 6.54 Å². The van der Waals surface area contributed by atoms with E-state index in [0.29, 0.717) is 12.1 Å². The zero-order valence-electron chi connectivity index (χ0n) is 12.6. The van der Waals surface area contributed by atoms with E-state index in [0.717, 1.165) is 11.3 Å². The lowest BCUT2D eigenvalue weighted by Crippen LogP contribution is -2.18. The number of hydrogen-bond acceptors (Lipinski definition) is 3. The van der Waals surface area contributed by atoms with Crippen molar-refractivity contribution in [3.63, 3.8) is 0 Å². The van der Waals surface area contributed by atoms with Crippen LogP contribution in [0, 0.1) is 5.82 Å². The van der Waals surface area contributed by atoms with E-state index in [1.54, 1.807) is 18.2 Å². The Kier molecular flexibility index (Phi) is 4.81. The van der Waals surface area contributed by atoms with Gasteiger partial charge in [0.15, 0.2) is 0 Å². The van der Waals surface area contributed by atoms with Crippen molar-refractivity contribution >= 4 is 5.69 Å². The Labute approximate surface area is 125 Å². The second-order valence-corrected chi connectivity index (χ2v) is 5.20. The molecule has 0 spiro atoms. The minimum Gasteiger partial charge on any atom is -0.508 e. The molecule has 0 aromatic heterocycles. The Bertz CT molecular complexity index is 615. The van der Waals surface area contributed by atoms with E-state index >= 15 is 0 Å². The molecule has 3 nitrogen and oxygen atoms in total. The molecule has 0 aliphatic carbocycles. The van der Waals surface area contributed by atoms with Gasteiger partial charge >= 0.3 is 0 Å². The molecule has 1 atom stereocenters. The zero-order chi connectivity index (χ0) is 15.4. The van der Waals surface area contributed by atoms with E-state index in [4.69, 9.17) is 0 Å². The summed E-state index contributed by atoms with van der Waals surface area (Å²) in [5.74, 6) is 0.0312. The molecule has 2 N–H and O–H groups in total. The molecule has 0 fully saturated rings. The number of nitrogens with zero attached hydrogens (tertiary/aromatic N) is 1. The third-order valence-corrected chi connectivity index (χ3v) is 3.72. The van der Waals surface area contributed by atoms with E-state index in [2.05, 4.69) is 5.32 Å². The van der Waals surface area contributed by atoms with Gasteiger partial charge in [-0.3, -0.25) is 0 Å². The fraction of sp³-hybridized carbons (Fsp3) is 0.294. The largest absolute Gasteiger partial charge is 0.508 e. The predicted octanol–water partition coefficient (Wildman–Crippen LogP) is 3.45. The standard InChI is InChI=1S/C17H21FN2O/c1-12(19-2)15-9-8-14(10-17(15)21)20(3)11-13-6-4-5-7-16(13)18/h4-10,12,19,21H,11H2,1-3H3. The number of aromatic hydroxyl groups is 1. The number of phenolic OH excluding ortho intramolecular Hbond substituents is 1. The summed E-state index contributed by atoms with van der Waals surface area (Å²) in [6, 6.07) is 12.3. The number of halogens is 1. The predicted molar refractivity (Wildman–Crippen MR) is 84.1 cm³/mol. The first-order valence-electron chi connectivity index (χ1n) is 6.97. The molecule has 0 bridgehead atoms. The second kappa shape index (κ2) is 6.59. The van der Waals surface area contributed by atoms with Crippen LogP contribution in [0.25, 0.3) is 0 Å². The summed E-state index contributed by atoms with van der Waals surface area (Å²) in [7, 11) is 3.73. The summed E-state index contributed by atoms with van der Waals surface area (Å²) in [5.41, 5.74) is 2.33. The maximum absolute atomic E-state index is 13.7. The van der Waals surface area contributed by atoms with Gasteiger partial charge in [0.25, 0.3) is 0 Å². The topological polar surface area (TPSA) is 35.5 Å². The molecule has 4 heteroatoms. The van der Waals surface area contributed by atoms with E-state index < -0.39 is 0 Å². The maximum atomic E-state index is 13.7. The molecule has 2 aromatic rings. The van der Waals surface area contributed by atoms with Crippen LogP contribution in [0.3, 0.4) is 0 Å². The van der Waals surface area contributed by atoms with Crippen LogP contribution < -0.4 is 10.2 Å². The van der Waals surface area contributed by atoms with Crippen LogP contribution in [0.4, 0.5) is 10.1 Å². The van der Waals surface area contributed by atoms with E-state index in [-0.39, 0.29) is 17.6 Å². The quantitative estimate of drug-likeness (QED) is 0.884. The number of hydrogen-bond donors (Lipinski definition) is 2. The number of nitrogens with one attached hydrogen (secondary N) is 1. The van der Waals surface area contributed by atoms with Gasteiger partial charge in [0, 0.05) is 42.5 Å². The van der Waals surface area contributed by atoms with Crippen molar-refractivity contribution < 1.29 is 9.50 Å². The van der Waals surface area contributed by atoms with Crippen LogP contribution in [0.1, 0.15) is 24.1 Å².